The molecule has 0 saturated heterocycles. The Balaban J connectivity index is 2.46. The molecule has 100 valence electrons. The van der Waals surface area contributed by atoms with Crippen LogP contribution in [0.3, 0.4) is 0 Å². The molecule has 2 rings (SSSR count). The predicted molar refractivity (Wildman–Crippen MR) is 73.0 cm³/mol. The molecule has 4 heteroatoms. The number of halogens is 4. The Kier molecular flexibility index (Phi) is 3.99. The third-order valence-electron chi connectivity index (χ3n) is 3.04. The molecule has 0 aliphatic rings. The van der Waals surface area contributed by atoms with Crippen LogP contribution in [0.1, 0.15) is 27.1 Å². The van der Waals surface area contributed by atoms with Crippen molar-refractivity contribution in [3.05, 3.63) is 70.0 Å². The van der Waals surface area contributed by atoms with Gasteiger partial charge < -0.3 is 0 Å². The molecule has 0 radical (unpaired) electrons. The Morgan fingerprint density at radius 2 is 1.47 bits per heavy atom. The molecule has 0 amide bonds. The first-order chi connectivity index (χ1) is 8.90. The number of rotatable bonds is 2. The van der Waals surface area contributed by atoms with Crippen molar-refractivity contribution in [2.45, 2.75) is 18.7 Å². The number of aryl methyl sites for hydroxylation is 2. The summed E-state index contributed by atoms with van der Waals surface area (Å²) in [6.45, 7) is 3.22. The molecule has 1 atom stereocenters. The van der Waals surface area contributed by atoms with Crippen molar-refractivity contribution in [3.63, 3.8) is 0 Å². The average molecular weight is 329 g/mol. The van der Waals surface area contributed by atoms with Crippen LogP contribution in [0.4, 0.5) is 13.2 Å². The van der Waals surface area contributed by atoms with Gasteiger partial charge >= 0.3 is 0 Å². The first-order valence-electron chi connectivity index (χ1n) is 5.76. The SMILES string of the molecule is Cc1ccc(C(Br)c2cc(C)c(F)cc2F)cc1F. The van der Waals surface area contributed by atoms with Crippen LogP contribution in [0.15, 0.2) is 30.3 Å². The van der Waals surface area contributed by atoms with Crippen LogP contribution in [-0.4, -0.2) is 0 Å². The monoisotopic (exact) mass is 328 g/mol. The highest BCUT2D eigenvalue weighted by molar-refractivity contribution is 9.09. The van der Waals surface area contributed by atoms with E-state index in [1.807, 2.05) is 0 Å². The van der Waals surface area contributed by atoms with Crippen LogP contribution in [0, 0.1) is 31.3 Å². The summed E-state index contributed by atoms with van der Waals surface area (Å²) in [6.07, 6.45) is 0. The maximum absolute atomic E-state index is 13.8. The van der Waals surface area contributed by atoms with E-state index in [0.29, 0.717) is 22.3 Å². The molecule has 0 fully saturated rings. The minimum Gasteiger partial charge on any atom is -0.207 e. The molecular weight excluding hydrogens is 317 g/mol. The van der Waals surface area contributed by atoms with Gasteiger partial charge in [-0.1, -0.05) is 28.1 Å². The fourth-order valence-corrected chi connectivity index (χ4v) is 2.46. The summed E-state index contributed by atoms with van der Waals surface area (Å²) in [7, 11) is 0. The minimum atomic E-state index is -0.647. The maximum Gasteiger partial charge on any atom is 0.130 e. The highest BCUT2D eigenvalue weighted by atomic mass is 79.9. The zero-order valence-corrected chi connectivity index (χ0v) is 12.1. The van der Waals surface area contributed by atoms with E-state index in [9.17, 15) is 13.2 Å². The van der Waals surface area contributed by atoms with E-state index in [1.54, 1.807) is 26.0 Å². The molecule has 0 nitrogen and oxygen atoms in total. The number of benzene rings is 2. The molecule has 1 unspecified atom stereocenters. The summed E-state index contributed by atoms with van der Waals surface area (Å²) in [5.41, 5.74) is 1.77. The largest absolute Gasteiger partial charge is 0.207 e. The quantitative estimate of drug-likeness (QED) is 0.664. The van der Waals surface area contributed by atoms with Crippen LogP contribution in [0.2, 0.25) is 0 Å². The van der Waals surface area contributed by atoms with E-state index in [-0.39, 0.29) is 5.82 Å². The van der Waals surface area contributed by atoms with Gasteiger partial charge in [-0.2, -0.15) is 0 Å². The molecule has 0 heterocycles. The summed E-state index contributed by atoms with van der Waals surface area (Å²) in [4.78, 5) is -0.512. The molecule has 2 aromatic carbocycles. The second-order valence-corrected chi connectivity index (χ2v) is 5.41. The van der Waals surface area contributed by atoms with Crippen molar-refractivity contribution in [2.24, 2.45) is 0 Å². The third kappa shape index (κ3) is 2.84. The van der Waals surface area contributed by atoms with Gasteiger partial charge in [-0.25, -0.2) is 13.2 Å². The summed E-state index contributed by atoms with van der Waals surface area (Å²) < 4.78 is 40.5. The fraction of sp³-hybridized carbons (Fsp3) is 0.200. The highest BCUT2D eigenvalue weighted by Crippen LogP contribution is 2.34. The van der Waals surface area contributed by atoms with Gasteiger partial charge in [0.05, 0.1) is 4.83 Å². The van der Waals surface area contributed by atoms with E-state index in [4.69, 9.17) is 0 Å². The van der Waals surface area contributed by atoms with Gasteiger partial charge in [-0.3, -0.25) is 0 Å². The molecule has 0 N–H and O–H groups in total. The molecule has 0 aromatic heterocycles. The Morgan fingerprint density at radius 1 is 0.842 bits per heavy atom. The zero-order chi connectivity index (χ0) is 14.2. The smallest absolute Gasteiger partial charge is 0.130 e. The van der Waals surface area contributed by atoms with Gasteiger partial charge in [0, 0.05) is 11.6 Å². The van der Waals surface area contributed by atoms with E-state index >= 15 is 0 Å². The maximum atomic E-state index is 13.8. The highest BCUT2D eigenvalue weighted by Gasteiger charge is 2.17. The van der Waals surface area contributed by atoms with Crippen LogP contribution in [0.25, 0.3) is 0 Å². The second kappa shape index (κ2) is 5.37. The van der Waals surface area contributed by atoms with Crippen molar-refractivity contribution in [3.8, 4) is 0 Å². The van der Waals surface area contributed by atoms with Crippen molar-refractivity contribution in [1.29, 1.82) is 0 Å². The average Bonchev–Trinajstić information content (AvgIpc) is 2.36. The fourth-order valence-electron chi connectivity index (χ4n) is 1.82. The predicted octanol–water partition coefficient (Wildman–Crippen LogP) is 5.21. The van der Waals surface area contributed by atoms with E-state index in [1.165, 1.54) is 12.1 Å². The Morgan fingerprint density at radius 3 is 2.11 bits per heavy atom. The lowest BCUT2D eigenvalue weighted by atomic mass is 10.0. The Labute approximate surface area is 118 Å². The van der Waals surface area contributed by atoms with E-state index < -0.39 is 16.5 Å². The van der Waals surface area contributed by atoms with Gasteiger partial charge in [-0.05, 0) is 42.7 Å². The molecule has 0 saturated carbocycles. The lowest BCUT2D eigenvalue weighted by molar-refractivity contribution is 0.568. The van der Waals surface area contributed by atoms with Crippen molar-refractivity contribution in [1.82, 2.24) is 0 Å². The number of alkyl halides is 1. The first kappa shape index (κ1) is 14.1. The zero-order valence-electron chi connectivity index (χ0n) is 10.5. The summed E-state index contributed by atoms with van der Waals surface area (Å²) in [6, 6.07) is 6.99. The lowest BCUT2D eigenvalue weighted by Gasteiger charge is -2.13. The van der Waals surface area contributed by atoms with Crippen molar-refractivity contribution >= 4 is 15.9 Å². The summed E-state index contributed by atoms with van der Waals surface area (Å²) >= 11 is 3.33. The van der Waals surface area contributed by atoms with Gasteiger partial charge in [0.15, 0.2) is 0 Å². The third-order valence-corrected chi connectivity index (χ3v) is 4.06. The molecule has 19 heavy (non-hydrogen) atoms. The van der Waals surface area contributed by atoms with Crippen LogP contribution < -0.4 is 0 Å². The first-order valence-corrected chi connectivity index (χ1v) is 6.67. The molecule has 2 aromatic rings. The Bertz CT molecular complexity index is 623. The molecule has 0 bridgehead atoms. The van der Waals surface area contributed by atoms with Gasteiger partial charge in [0.2, 0.25) is 0 Å². The molecule has 0 aliphatic carbocycles. The van der Waals surface area contributed by atoms with Crippen LogP contribution in [-0.2, 0) is 0 Å². The Hall–Kier alpha value is -1.29. The summed E-state index contributed by atoms with van der Waals surface area (Å²) in [5.74, 6) is -1.58. The van der Waals surface area contributed by atoms with Crippen molar-refractivity contribution < 1.29 is 13.2 Å². The second-order valence-electron chi connectivity index (χ2n) is 4.49. The standard InChI is InChI=1S/C15H12BrF3/c1-8-3-4-10(6-12(8)17)15(16)11-5-9(2)13(18)7-14(11)19/h3-7,15H,1-2H3. The van der Waals surface area contributed by atoms with Crippen LogP contribution >= 0.6 is 15.9 Å². The number of hydrogen-bond donors (Lipinski definition) is 0. The van der Waals surface area contributed by atoms with Crippen LogP contribution in [0.5, 0.6) is 0 Å². The normalized spacial score (nSPS) is 12.5. The summed E-state index contributed by atoms with van der Waals surface area (Å²) in [5, 5.41) is 0. The van der Waals surface area contributed by atoms with Gasteiger partial charge in [-0.15, -0.1) is 0 Å². The topological polar surface area (TPSA) is 0 Å². The number of hydrogen-bond acceptors (Lipinski definition) is 0. The molecule has 0 aliphatic heterocycles. The van der Waals surface area contributed by atoms with E-state index in [2.05, 4.69) is 15.9 Å². The molecular formula is C15H12BrF3. The van der Waals surface area contributed by atoms with Gasteiger partial charge in [0.1, 0.15) is 17.5 Å². The van der Waals surface area contributed by atoms with E-state index in [0.717, 1.165) is 6.07 Å². The molecule has 0 spiro atoms. The lowest BCUT2D eigenvalue weighted by Crippen LogP contribution is -2.00. The minimum absolute atomic E-state index is 0.294. The van der Waals surface area contributed by atoms with Crippen molar-refractivity contribution in [2.75, 3.05) is 0 Å². The van der Waals surface area contributed by atoms with Gasteiger partial charge in [0.25, 0.3) is 0 Å².